The second-order valence-corrected chi connectivity index (χ2v) is 6.29. The number of rotatable bonds is 5. The molecule has 2 aromatic carbocycles. The quantitative estimate of drug-likeness (QED) is 0.573. The molecule has 0 aliphatic rings. The van der Waals surface area contributed by atoms with Crippen molar-refractivity contribution in [3.8, 4) is 5.75 Å². The second-order valence-electron chi connectivity index (χ2n) is 6.29. The normalized spacial score (nSPS) is 10.7. The Morgan fingerprint density at radius 1 is 1.07 bits per heavy atom. The third-order valence-corrected chi connectivity index (χ3v) is 4.24. The molecule has 0 aliphatic carbocycles. The number of hydrogen-bond acceptors (Lipinski definition) is 3. The van der Waals surface area contributed by atoms with E-state index in [1.54, 1.807) is 12.1 Å². The van der Waals surface area contributed by atoms with Crippen LogP contribution in [0.25, 0.3) is 5.65 Å². The number of nitrogens with one attached hydrogen (secondary N) is 1. The van der Waals surface area contributed by atoms with Crippen LogP contribution in [0.15, 0.2) is 79.1 Å². The summed E-state index contributed by atoms with van der Waals surface area (Å²) in [6, 6.07) is 20.5. The number of imidazole rings is 1. The van der Waals surface area contributed by atoms with E-state index in [0.717, 1.165) is 22.6 Å². The average Bonchev–Trinajstić information content (AvgIpc) is 3.12. The molecule has 4 rings (SSSR count). The molecule has 0 bridgehead atoms. The van der Waals surface area contributed by atoms with E-state index < -0.39 is 0 Å². The fourth-order valence-electron chi connectivity index (χ4n) is 2.88. The summed E-state index contributed by atoms with van der Waals surface area (Å²) in [5.41, 5.74) is 4.18. The van der Waals surface area contributed by atoms with E-state index in [1.165, 1.54) is 0 Å². The summed E-state index contributed by atoms with van der Waals surface area (Å²) in [4.78, 5) is 17.0. The minimum absolute atomic E-state index is 0.171. The van der Waals surface area contributed by atoms with Crippen molar-refractivity contribution in [2.24, 2.45) is 0 Å². The van der Waals surface area contributed by atoms with Crippen LogP contribution in [0.2, 0.25) is 0 Å². The van der Waals surface area contributed by atoms with Crippen molar-refractivity contribution < 1.29 is 9.53 Å². The maximum atomic E-state index is 12.4. The fraction of sp³-hybridized carbons (Fsp3) is 0.0909. The molecular weight excluding hydrogens is 338 g/mol. The molecule has 0 aliphatic heterocycles. The number of para-hydroxylation sites is 1. The number of ether oxygens (including phenoxy) is 1. The van der Waals surface area contributed by atoms with Gasteiger partial charge in [-0.15, -0.1) is 0 Å². The molecule has 0 radical (unpaired) electrons. The van der Waals surface area contributed by atoms with E-state index in [0.29, 0.717) is 17.9 Å². The van der Waals surface area contributed by atoms with E-state index in [-0.39, 0.29) is 5.91 Å². The van der Waals surface area contributed by atoms with Crippen LogP contribution in [0.4, 0.5) is 5.69 Å². The number of nitrogens with zero attached hydrogens (tertiary/aromatic N) is 2. The molecule has 0 atom stereocenters. The largest absolute Gasteiger partial charge is 0.487 e. The number of hydrogen-bond donors (Lipinski definition) is 1. The molecule has 1 amide bonds. The lowest BCUT2D eigenvalue weighted by Crippen LogP contribution is -2.11. The van der Waals surface area contributed by atoms with Crippen LogP contribution >= 0.6 is 0 Å². The Bertz CT molecular complexity index is 1090. The molecular formula is C22H19N3O2. The lowest BCUT2D eigenvalue weighted by atomic mass is 10.2. The zero-order chi connectivity index (χ0) is 18.6. The number of benzene rings is 2. The summed E-state index contributed by atoms with van der Waals surface area (Å²) in [5.74, 6) is 0.458. The molecule has 0 spiro atoms. The number of aromatic nitrogens is 2. The molecule has 134 valence electrons. The molecule has 5 heteroatoms. The highest BCUT2D eigenvalue weighted by molar-refractivity contribution is 6.04. The summed E-state index contributed by atoms with van der Waals surface area (Å²) in [5, 5.41) is 2.87. The van der Waals surface area contributed by atoms with Gasteiger partial charge in [-0.25, -0.2) is 4.98 Å². The Labute approximate surface area is 157 Å². The average molecular weight is 357 g/mol. The zero-order valence-electron chi connectivity index (χ0n) is 14.9. The Morgan fingerprint density at radius 3 is 2.74 bits per heavy atom. The monoisotopic (exact) mass is 357 g/mol. The maximum Gasteiger partial charge on any atom is 0.255 e. The third kappa shape index (κ3) is 3.82. The molecule has 0 fully saturated rings. The van der Waals surface area contributed by atoms with Crippen molar-refractivity contribution in [2.75, 3.05) is 5.32 Å². The van der Waals surface area contributed by atoms with Gasteiger partial charge in [0.05, 0.1) is 5.69 Å². The molecule has 1 N–H and O–H groups in total. The summed E-state index contributed by atoms with van der Waals surface area (Å²) in [7, 11) is 0. The highest BCUT2D eigenvalue weighted by Gasteiger charge is 2.08. The molecule has 2 heterocycles. The molecule has 2 aromatic heterocycles. The van der Waals surface area contributed by atoms with E-state index in [9.17, 15) is 4.79 Å². The lowest BCUT2D eigenvalue weighted by Gasteiger charge is -2.08. The van der Waals surface area contributed by atoms with Crippen LogP contribution in [-0.4, -0.2) is 15.3 Å². The predicted octanol–water partition coefficient (Wildman–Crippen LogP) is 4.47. The first-order chi connectivity index (χ1) is 13.2. The molecule has 4 aromatic rings. The molecule has 0 saturated carbocycles. The van der Waals surface area contributed by atoms with Crippen molar-refractivity contribution in [3.63, 3.8) is 0 Å². The van der Waals surface area contributed by atoms with Crippen LogP contribution < -0.4 is 10.1 Å². The Morgan fingerprint density at radius 2 is 1.93 bits per heavy atom. The van der Waals surface area contributed by atoms with Crippen LogP contribution in [0, 0.1) is 6.92 Å². The topological polar surface area (TPSA) is 55.6 Å². The standard InChI is InChI=1S/C22H19N3O2/c1-16-7-6-12-25-14-19(23-21(16)25)15-27-20-11-5-8-17(13-20)22(26)24-18-9-3-2-4-10-18/h2-14H,15H2,1H3,(H,24,26). The number of fused-ring (bicyclic) bond motifs is 1. The Balaban J connectivity index is 1.45. The summed E-state index contributed by atoms with van der Waals surface area (Å²) < 4.78 is 7.83. The number of carbonyl (C=O) groups excluding carboxylic acids is 1. The van der Waals surface area contributed by atoms with Gasteiger partial charge in [0.2, 0.25) is 0 Å². The summed E-state index contributed by atoms with van der Waals surface area (Å²) in [6.07, 6.45) is 3.92. The van der Waals surface area contributed by atoms with Gasteiger partial charge in [-0.1, -0.05) is 30.3 Å². The van der Waals surface area contributed by atoms with Gasteiger partial charge in [-0.05, 0) is 48.9 Å². The van der Waals surface area contributed by atoms with Gasteiger partial charge in [0, 0.05) is 23.6 Å². The van der Waals surface area contributed by atoms with Crippen molar-refractivity contribution in [1.29, 1.82) is 0 Å². The van der Waals surface area contributed by atoms with Crippen LogP contribution in [0.1, 0.15) is 21.6 Å². The minimum atomic E-state index is -0.171. The van der Waals surface area contributed by atoms with Crippen LogP contribution in [-0.2, 0) is 6.61 Å². The molecule has 5 nitrogen and oxygen atoms in total. The number of pyridine rings is 1. The van der Waals surface area contributed by atoms with E-state index in [2.05, 4.69) is 10.3 Å². The highest BCUT2D eigenvalue weighted by atomic mass is 16.5. The van der Waals surface area contributed by atoms with Crippen molar-refractivity contribution >= 4 is 17.2 Å². The second kappa shape index (κ2) is 7.33. The number of aryl methyl sites for hydroxylation is 1. The van der Waals surface area contributed by atoms with Gasteiger partial charge in [0.15, 0.2) is 0 Å². The molecule has 0 saturated heterocycles. The fourth-order valence-corrected chi connectivity index (χ4v) is 2.88. The summed E-state index contributed by atoms with van der Waals surface area (Å²) in [6.45, 7) is 2.37. The third-order valence-electron chi connectivity index (χ3n) is 4.24. The lowest BCUT2D eigenvalue weighted by molar-refractivity contribution is 0.102. The predicted molar refractivity (Wildman–Crippen MR) is 105 cm³/mol. The first-order valence-corrected chi connectivity index (χ1v) is 8.71. The van der Waals surface area contributed by atoms with E-state index in [1.807, 2.05) is 78.3 Å². The Hall–Kier alpha value is -3.60. The van der Waals surface area contributed by atoms with Crippen molar-refractivity contribution in [2.45, 2.75) is 13.5 Å². The summed E-state index contributed by atoms with van der Waals surface area (Å²) >= 11 is 0. The van der Waals surface area contributed by atoms with E-state index in [4.69, 9.17) is 4.74 Å². The van der Waals surface area contributed by atoms with Gasteiger partial charge in [0.25, 0.3) is 5.91 Å². The van der Waals surface area contributed by atoms with Gasteiger partial charge in [-0.3, -0.25) is 4.79 Å². The smallest absolute Gasteiger partial charge is 0.255 e. The van der Waals surface area contributed by atoms with Crippen LogP contribution in [0.3, 0.4) is 0 Å². The van der Waals surface area contributed by atoms with Gasteiger partial charge >= 0.3 is 0 Å². The molecule has 0 unspecified atom stereocenters. The van der Waals surface area contributed by atoms with Crippen LogP contribution in [0.5, 0.6) is 5.75 Å². The highest BCUT2D eigenvalue weighted by Crippen LogP contribution is 2.17. The zero-order valence-corrected chi connectivity index (χ0v) is 14.9. The number of amides is 1. The first kappa shape index (κ1) is 16.8. The van der Waals surface area contributed by atoms with E-state index >= 15 is 0 Å². The first-order valence-electron chi connectivity index (χ1n) is 8.71. The van der Waals surface area contributed by atoms with Crippen molar-refractivity contribution in [3.05, 3.63) is 95.9 Å². The van der Waals surface area contributed by atoms with Crippen molar-refractivity contribution in [1.82, 2.24) is 9.38 Å². The van der Waals surface area contributed by atoms with Gasteiger partial charge < -0.3 is 14.5 Å². The van der Waals surface area contributed by atoms with Gasteiger partial charge in [0.1, 0.15) is 18.0 Å². The number of carbonyl (C=O) groups is 1. The molecule has 27 heavy (non-hydrogen) atoms. The Kier molecular flexibility index (Phi) is 4.58. The minimum Gasteiger partial charge on any atom is -0.487 e. The maximum absolute atomic E-state index is 12.4. The number of anilines is 1. The SMILES string of the molecule is Cc1cccn2cc(COc3cccc(C(=O)Nc4ccccc4)c3)nc12. The van der Waals surface area contributed by atoms with Gasteiger partial charge in [-0.2, -0.15) is 0 Å².